The third kappa shape index (κ3) is 2.38. The van der Waals surface area contributed by atoms with Gasteiger partial charge in [0.25, 0.3) is 11.8 Å². The van der Waals surface area contributed by atoms with E-state index < -0.39 is 0 Å². The molecule has 0 bridgehead atoms. The summed E-state index contributed by atoms with van der Waals surface area (Å²) in [5.74, 6) is 0.538. The second kappa shape index (κ2) is 5.93. The van der Waals surface area contributed by atoms with Gasteiger partial charge in [0.2, 0.25) is 0 Å². The first-order chi connectivity index (χ1) is 14.1. The number of imide groups is 1. The highest BCUT2D eigenvalue weighted by Gasteiger charge is 2.36. The summed E-state index contributed by atoms with van der Waals surface area (Å²) in [5.41, 5.74) is 2.97. The predicted octanol–water partition coefficient (Wildman–Crippen LogP) is 3.26. The van der Waals surface area contributed by atoms with Crippen molar-refractivity contribution in [2.45, 2.75) is 32.7 Å². The normalized spacial score (nSPS) is 18.7. The summed E-state index contributed by atoms with van der Waals surface area (Å²) < 4.78 is 1.67. The third-order valence-electron chi connectivity index (χ3n) is 5.85. The molecule has 1 aliphatic carbocycles. The van der Waals surface area contributed by atoms with Crippen molar-refractivity contribution in [2.75, 3.05) is 0 Å². The van der Waals surface area contributed by atoms with Gasteiger partial charge in [0.05, 0.1) is 23.1 Å². The lowest BCUT2D eigenvalue weighted by molar-refractivity contribution is 0.0638. The summed E-state index contributed by atoms with van der Waals surface area (Å²) in [7, 11) is 0. The second-order valence-corrected chi connectivity index (χ2v) is 8.90. The van der Waals surface area contributed by atoms with Gasteiger partial charge < -0.3 is 0 Å². The fraction of sp³-hybridized carbons (Fsp3) is 0.286. The van der Waals surface area contributed by atoms with E-state index in [1.807, 2.05) is 0 Å². The lowest BCUT2D eigenvalue weighted by Crippen LogP contribution is -2.29. The number of benzene rings is 1. The number of carbonyl (C=O) groups is 2. The van der Waals surface area contributed by atoms with Crippen molar-refractivity contribution in [1.82, 2.24) is 24.5 Å². The number of thiophene rings is 1. The maximum Gasteiger partial charge on any atom is 0.261 e. The van der Waals surface area contributed by atoms with Gasteiger partial charge in [0.15, 0.2) is 11.5 Å². The molecular formula is C21H17N5O2S. The van der Waals surface area contributed by atoms with E-state index in [1.165, 1.54) is 15.3 Å². The number of rotatable bonds is 2. The molecule has 1 aromatic carbocycles. The van der Waals surface area contributed by atoms with E-state index in [0.717, 1.165) is 35.1 Å². The van der Waals surface area contributed by atoms with Gasteiger partial charge in [-0.25, -0.2) is 14.5 Å². The summed E-state index contributed by atoms with van der Waals surface area (Å²) in [4.78, 5) is 38.2. The molecule has 6 rings (SSSR count). The van der Waals surface area contributed by atoms with Crippen LogP contribution in [-0.4, -0.2) is 36.3 Å². The predicted molar refractivity (Wildman–Crippen MR) is 108 cm³/mol. The van der Waals surface area contributed by atoms with E-state index in [2.05, 4.69) is 17.0 Å². The van der Waals surface area contributed by atoms with Gasteiger partial charge in [-0.3, -0.25) is 14.5 Å². The Bertz CT molecular complexity index is 1300. The van der Waals surface area contributed by atoms with Gasteiger partial charge in [-0.1, -0.05) is 19.1 Å². The van der Waals surface area contributed by atoms with E-state index in [4.69, 9.17) is 4.98 Å². The standard InChI is InChI=1S/C21H17N5O2S/c1-11-6-7-14-15(8-11)29-19-17(14)18-23-16(24-26(18)10-22-19)9-25-20(27)12-4-2-3-5-13(12)21(25)28/h2-5,10-11H,6-9H2,1H3/t11-/m0/s1. The van der Waals surface area contributed by atoms with E-state index >= 15 is 0 Å². The smallest absolute Gasteiger partial charge is 0.261 e. The average Bonchev–Trinajstić information content (AvgIpc) is 3.36. The Hall–Kier alpha value is -3.13. The number of hydrogen-bond donors (Lipinski definition) is 0. The molecule has 0 saturated carbocycles. The first kappa shape index (κ1) is 16.8. The number of amides is 2. The van der Waals surface area contributed by atoms with Gasteiger partial charge in [-0.2, -0.15) is 0 Å². The Balaban J connectivity index is 1.42. The molecule has 4 aromatic rings. The van der Waals surface area contributed by atoms with Crippen LogP contribution in [0.5, 0.6) is 0 Å². The molecule has 8 heteroatoms. The van der Waals surface area contributed by atoms with Crippen molar-refractivity contribution < 1.29 is 9.59 Å². The molecule has 1 aliphatic heterocycles. The summed E-state index contributed by atoms with van der Waals surface area (Å²) in [6.07, 6.45) is 4.94. The Morgan fingerprint density at radius 2 is 1.93 bits per heavy atom. The molecular weight excluding hydrogens is 386 g/mol. The fourth-order valence-corrected chi connectivity index (χ4v) is 5.72. The van der Waals surface area contributed by atoms with Crippen LogP contribution in [0.15, 0.2) is 30.6 Å². The Morgan fingerprint density at radius 1 is 1.17 bits per heavy atom. The third-order valence-corrected chi connectivity index (χ3v) is 7.02. The van der Waals surface area contributed by atoms with E-state index in [1.54, 1.807) is 46.4 Å². The maximum atomic E-state index is 12.7. The second-order valence-electron chi connectivity index (χ2n) is 7.81. The minimum absolute atomic E-state index is 0.0544. The van der Waals surface area contributed by atoms with Crippen LogP contribution < -0.4 is 0 Å². The Morgan fingerprint density at radius 3 is 2.69 bits per heavy atom. The SMILES string of the molecule is C[C@H]1CCc2c(sc3ncn4nc(CN5C(=O)c6ccccc6C5=O)nc4c23)C1. The number of aromatic nitrogens is 4. The lowest BCUT2D eigenvalue weighted by atomic mass is 9.89. The van der Waals surface area contributed by atoms with Crippen LogP contribution in [0, 0.1) is 5.92 Å². The van der Waals surface area contributed by atoms with E-state index in [0.29, 0.717) is 22.9 Å². The zero-order valence-corrected chi connectivity index (χ0v) is 16.6. The van der Waals surface area contributed by atoms with Crippen LogP contribution >= 0.6 is 11.3 Å². The monoisotopic (exact) mass is 403 g/mol. The minimum atomic E-state index is -0.297. The quantitative estimate of drug-likeness (QED) is 0.480. The summed E-state index contributed by atoms with van der Waals surface area (Å²) >= 11 is 1.74. The molecule has 0 saturated heterocycles. The first-order valence-electron chi connectivity index (χ1n) is 9.70. The van der Waals surface area contributed by atoms with Crippen molar-refractivity contribution in [1.29, 1.82) is 0 Å². The maximum absolute atomic E-state index is 12.7. The largest absolute Gasteiger partial charge is 0.269 e. The summed E-state index contributed by atoms with van der Waals surface area (Å²) in [6.45, 7) is 2.34. The highest BCUT2D eigenvalue weighted by Crippen LogP contribution is 2.38. The van der Waals surface area contributed by atoms with Crippen molar-refractivity contribution in [3.05, 3.63) is 58.0 Å². The molecule has 0 radical (unpaired) electrons. The molecule has 0 fully saturated rings. The molecule has 0 N–H and O–H groups in total. The van der Waals surface area contributed by atoms with Crippen LogP contribution in [0.3, 0.4) is 0 Å². The van der Waals surface area contributed by atoms with Crippen molar-refractivity contribution in [2.24, 2.45) is 5.92 Å². The van der Waals surface area contributed by atoms with Crippen molar-refractivity contribution in [3.8, 4) is 0 Å². The molecule has 29 heavy (non-hydrogen) atoms. The number of aryl methyl sites for hydroxylation is 1. The van der Waals surface area contributed by atoms with Gasteiger partial charge in [-0.15, -0.1) is 16.4 Å². The van der Waals surface area contributed by atoms with Crippen LogP contribution in [-0.2, 0) is 19.4 Å². The fourth-order valence-electron chi connectivity index (χ4n) is 4.37. The van der Waals surface area contributed by atoms with Crippen LogP contribution in [0.2, 0.25) is 0 Å². The average molecular weight is 403 g/mol. The molecule has 0 unspecified atom stereocenters. The molecule has 4 heterocycles. The van der Waals surface area contributed by atoms with Gasteiger partial charge in [0, 0.05) is 4.88 Å². The van der Waals surface area contributed by atoms with Crippen molar-refractivity contribution in [3.63, 3.8) is 0 Å². The molecule has 2 aliphatic rings. The van der Waals surface area contributed by atoms with Gasteiger partial charge >= 0.3 is 0 Å². The first-order valence-corrected chi connectivity index (χ1v) is 10.5. The number of carbonyl (C=O) groups excluding carboxylic acids is 2. The minimum Gasteiger partial charge on any atom is -0.269 e. The molecule has 0 spiro atoms. The Kier molecular flexibility index (Phi) is 3.44. The number of nitrogens with zero attached hydrogens (tertiary/aromatic N) is 5. The molecule has 1 atom stereocenters. The highest BCUT2D eigenvalue weighted by atomic mass is 32.1. The van der Waals surface area contributed by atoms with Crippen LogP contribution in [0.25, 0.3) is 15.9 Å². The Labute approximate surface area is 170 Å². The topological polar surface area (TPSA) is 80.5 Å². The number of hydrogen-bond acceptors (Lipinski definition) is 6. The van der Waals surface area contributed by atoms with E-state index in [-0.39, 0.29) is 18.4 Å². The van der Waals surface area contributed by atoms with Gasteiger partial charge in [0.1, 0.15) is 11.2 Å². The van der Waals surface area contributed by atoms with Crippen molar-refractivity contribution >= 4 is 39.0 Å². The lowest BCUT2D eigenvalue weighted by Gasteiger charge is -2.17. The van der Waals surface area contributed by atoms with E-state index in [9.17, 15) is 9.59 Å². The van der Waals surface area contributed by atoms with Gasteiger partial charge in [-0.05, 0) is 42.9 Å². The molecule has 7 nitrogen and oxygen atoms in total. The highest BCUT2D eigenvalue weighted by molar-refractivity contribution is 7.19. The number of fused-ring (bicyclic) bond motifs is 6. The molecule has 2 amide bonds. The summed E-state index contributed by atoms with van der Waals surface area (Å²) in [5, 5.41) is 5.57. The molecule has 144 valence electrons. The zero-order chi connectivity index (χ0) is 19.7. The molecule has 3 aromatic heterocycles. The van der Waals surface area contributed by atoms with Crippen LogP contribution in [0.1, 0.15) is 50.3 Å². The summed E-state index contributed by atoms with van der Waals surface area (Å²) in [6, 6.07) is 6.89. The van der Waals surface area contributed by atoms with Crippen LogP contribution in [0.4, 0.5) is 0 Å². The zero-order valence-electron chi connectivity index (χ0n) is 15.8.